The molecule has 172 valence electrons. The van der Waals surface area contributed by atoms with Gasteiger partial charge in [0.2, 0.25) is 6.41 Å². The molecule has 0 atom stereocenters. The van der Waals surface area contributed by atoms with Crippen molar-refractivity contribution in [1.82, 2.24) is 14.3 Å². The van der Waals surface area contributed by atoms with Crippen LogP contribution in [-0.4, -0.2) is 71.9 Å². The molecule has 0 unspecified atom stereocenters. The molecule has 0 saturated carbocycles. The quantitative estimate of drug-likeness (QED) is 0.507. The zero-order chi connectivity index (χ0) is 23.1. The fourth-order valence-electron chi connectivity index (χ4n) is 2.93. The lowest BCUT2D eigenvalue weighted by Crippen LogP contribution is -2.40. The average Bonchev–Trinajstić information content (AvgIpc) is 3.26. The summed E-state index contributed by atoms with van der Waals surface area (Å²) < 4.78 is 14.7. The van der Waals surface area contributed by atoms with Crippen LogP contribution in [0.2, 0.25) is 0 Å². The Labute approximate surface area is 193 Å². The Kier molecular flexibility index (Phi) is 8.11. The summed E-state index contributed by atoms with van der Waals surface area (Å²) >= 11 is 1.38. The molecule has 1 saturated heterocycles. The van der Waals surface area contributed by atoms with Gasteiger partial charge in [-0.1, -0.05) is 18.2 Å². The van der Waals surface area contributed by atoms with Crippen LogP contribution >= 0.6 is 11.5 Å². The van der Waals surface area contributed by atoms with Crippen molar-refractivity contribution in [1.29, 1.82) is 5.41 Å². The zero-order valence-corrected chi connectivity index (χ0v) is 19.9. The fraction of sp³-hybridized carbons (Fsp3) is 0.478. The second-order valence-corrected chi connectivity index (χ2v) is 9.40. The summed E-state index contributed by atoms with van der Waals surface area (Å²) in [7, 11) is 1.71. The highest BCUT2D eigenvalue weighted by Crippen LogP contribution is 2.29. The number of carbonyl (C=O) groups is 1. The number of amides is 1. The van der Waals surface area contributed by atoms with Crippen LogP contribution in [0, 0.1) is 5.41 Å². The molecule has 0 aliphatic carbocycles. The summed E-state index contributed by atoms with van der Waals surface area (Å²) in [6.07, 6.45) is 5.07. The normalized spacial score (nSPS) is 16.4. The van der Waals surface area contributed by atoms with Crippen LogP contribution in [-0.2, 0) is 14.3 Å². The Bertz CT molecular complexity index is 963. The van der Waals surface area contributed by atoms with Crippen LogP contribution in [0.3, 0.4) is 0 Å². The molecule has 9 heteroatoms. The number of anilines is 1. The van der Waals surface area contributed by atoms with Gasteiger partial charge in [-0.3, -0.25) is 4.79 Å². The number of carbonyl (C=O) groups excluding carboxylic acids is 1. The van der Waals surface area contributed by atoms with Crippen LogP contribution in [0.5, 0.6) is 0 Å². The van der Waals surface area contributed by atoms with Gasteiger partial charge in [0.15, 0.2) is 5.82 Å². The Hall–Kier alpha value is -2.62. The summed E-state index contributed by atoms with van der Waals surface area (Å²) in [5.74, 6) is 0.688. The Morgan fingerprint density at radius 1 is 1.34 bits per heavy atom. The molecule has 2 aliphatic rings. The summed E-state index contributed by atoms with van der Waals surface area (Å²) in [6.45, 7) is 8.78. The number of methoxy groups -OCH3 is 1. The molecule has 1 fully saturated rings. The molecular formula is C23H31N5O3S. The number of ether oxygens (including phenoxy) is 2. The standard InChI is InChI=1S/C18H19N5O2S.C5H12O/c19-8-14-2-1-13(7-16(14)20-15-9-25-10-15)17-21-18(26-22-17)12-3-5-23(11-24)6-4-12;1-5(2,3)6-4/h1-3,7-8,11,15,19-20H,4-6,9-10H2;1-4H3. The summed E-state index contributed by atoms with van der Waals surface area (Å²) in [6, 6.07) is 6.13. The van der Waals surface area contributed by atoms with E-state index in [1.807, 2.05) is 45.0 Å². The number of aromatic nitrogens is 2. The van der Waals surface area contributed by atoms with Gasteiger partial charge in [0.05, 0.1) is 24.9 Å². The Morgan fingerprint density at radius 2 is 2.09 bits per heavy atom. The average molecular weight is 458 g/mol. The SMILES string of the molecule is COC(C)(C)C.N=Cc1ccc(-c2nsc(C3=CCN(C=O)CC3)n2)cc1NC1COC1. The van der Waals surface area contributed by atoms with Gasteiger partial charge in [-0.05, 0) is 50.4 Å². The minimum absolute atomic E-state index is 0.0417. The smallest absolute Gasteiger partial charge is 0.209 e. The highest BCUT2D eigenvalue weighted by molar-refractivity contribution is 7.06. The van der Waals surface area contributed by atoms with Crippen LogP contribution in [0.15, 0.2) is 24.3 Å². The van der Waals surface area contributed by atoms with E-state index in [-0.39, 0.29) is 11.6 Å². The first-order chi connectivity index (χ1) is 15.3. The molecule has 1 aromatic heterocycles. The maximum Gasteiger partial charge on any atom is 0.209 e. The third-order valence-electron chi connectivity index (χ3n) is 5.17. The van der Waals surface area contributed by atoms with E-state index < -0.39 is 0 Å². The molecule has 1 aromatic carbocycles. The number of hydrogen-bond acceptors (Lipinski definition) is 8. The van der Waals surface area contributed by atoms with Crippen LogP contribution in [0.4, 0.5) is 5.69 Å². The van der Waals surface area contributed by atoms with E-state index in [0.717, 1.165) is 46.8 Å². The van der Waals surface area contributed by atoms with E-state index >= 15 is 0 Å². The highest BCUT2D eigenvalue weighted by atomic mass is 32.1. The van der Waals surface area contributed by atoms with Crippen molar-refractivity contribution in [3.63, 3.8) is 0 Å². The van der Waals surface area contributed by atoms with Gasteiger partial charge in [-0.15, -0.1) is 0 Å². The number of rotatable bonds is 6. The lowest BCUT2D eigenvalue weighted by molar-refractivity contribution is -0.117. The van der Waals surface area contributed by atoms with Crippen molar-refractivity contribution in [2.24, 2.45) is 0 Å². The first kappa shape index (κ1) is 24.0. The molecule has 2 aromatic rings. The Morgan fingerprint density at radius 3 is 2.62 bits per heavy atom. The largest absolute Gasteiger partial charge is 0.379 e. The van der Waals surface area contributed by atoms with Gasteiger partial charge in [0.25, 0.3) is 0 Å². The maximum absolute atomic E-state index is 10.8. The van der Waals surface area contributed by atoms with Gasteiger partial charge in [-0.2, -0.15) is 4.37 Å². The first-order valence-electron chi connectivity index (χ1n) is 10.6. The van der Waals surface area contributed by atoms with Gasteiger partial charge < -0.3 is 25.1 Å². The zero-order valence-electron chi connectivity index (χ0n) is 19.1. The predicted molar refractivity (Wildman–Crippen MR) is 128 cm³/mol. The Balaban J connectivity index is 0.000000427. The summed E-state index contributed by atoms with van der Waals surface area (Å²) in [5, 5.41) is 11.9. The number of nitrogens with zero attached hydrogens (tertiary/aromatic N) is 3. The molecular weight excluding hydrogens is 426 g/mol. The van der Waals surface area contributed by atoms with Crippen molar-refractivity contribution in [3.8, 4) is 11.4 Å². The van der Waals surface area contributed by atoms with Crippen LogP contribution < -0.4 is 5.32 Å². The molecule has 0 radical (unpaired) electrons. The predicted octanol–water partition coefficient (Wildman–Crippen LogP) is 3.69. The van der Waals surface area contributed by atoms with Crippen molar-refractivity contribution in [2.45, 2.75) is 38.8 Å². The summed E-state index contributed by atoms with van der Waals surface area (Å²) in [5.41, 5.74) is 3.85. The lowest BCUT2D eigenvalue weighted by atomic mass is 10.1. The molecule has 32 heavy (non-hydrogen) atoms. The van der Waals surface area contributed by atoms with Crippen LogP contribution in [0.25, 0.3) is 17.0 Å². The fourth-order valence-corrected chi connectivity index (χ4v) is 3.68. The molecule has 0 spiro atoms. The van der Waals surface area contributed by atoms with E-state index in [2.05, 4.69) is 14.7 Å². The van der Waals surface area contributed by atoms with Gasteiger partial charge in [-0.25, -0.2) is 4.98 Å². The van der Waals surface area contributed by atoms with E-state index in [1.165, 1.54) is 17.7 Å². The number of nitrogens with one attached hydrogen (secondary N) is 2. The molecule has 1 amide bonds. The minimum atomic E-state index is 0.0417. The molecule has 4 rings (SSSR count). The topological polar surface area (TPSA) is 100 Å². The number of hydrogen-bond donors (Lipinski definition) is 2. The highest BCUT2D eigenvalue weighted by Gasteiger charge is 2.20. The second-order valence-electron chi connectivity index (χ2n) is 8.64. The first-order valence-corrected chi connectivity index (χ1v) is 11.4. The number of benzene rings is 1. The molecule has 3 heterocycles. The van der Waals surface area contributed by atoms with Gasteiger partial charge in [0, 0.05) is 43.2 Å². The van der Waals surface area contributed by atoms with E-state index in [9.17, 15) is 4.79 Å². The molecule has 0 bridgehead atoms. The molecule has 2 aliphatic heterocycles. The van der Waals surface area contributed by atoms with Crippen LogP contribution in [0.1, 0.15) is 37.8 Å². The molecule has 2 N–H and O–H groups in total. The summed E-state index contributed by atoms with van der Waals surface area (Å²) in [4.78, 5) is 17.2. The maximum atomic E-state index is 10.8. The van der Waals surface area contributed by atoms with Crippen molar-refractivity contribution in [2.75, 3.05) is 38.7 Å². The van der Waals surface area contributed by atoms with Gasteiger partial charge >= 0.3 is 0 Å². The minimum Gasteiger partial charge on any atom is -0.379 e. The second kappa shape index (κ2) is 10.8. The van der Waals surface area contributed by atoms with E-state index in [1.54, 1.807) is 12.0 Å². The third-order valence-corrected chi connectivity index (χ3v) is 5.96. The molecule has 8 nitrogen and oxygen atoms in total. The monoisotopic (exact) mass is 457 g/mol. The van der Waals surface area contributed by atoms with Crippen molar-refractivity contribution >= 4 is 35.4 Å². The third kappa shape index (κ3) is 6.44. The van der Waals surface area contributed by atoms with Crippen molar-refractivity contribution in [3.05, 3.63) is 34.8 Å². The van der Waals surface area contributed by atoms with Gasteiger partial charge in [0.1, 0.15) is 5.01 Å². The van der Waals surface area contributed by atoms with E-state index in [4.69, 9.17) is 14.9 Å². The van der Waals surface area contributed by atoms with E-state index in [0.29, 0.717) is 25.6 Å². The van der Waals surface area contributed by atoms with Crippen molar-refractivity contribution < 1.29 is 14.3 Å². The lowest BCUT2D eigenvalue weighted by Gasteiger charge is -2.28.